The summed E-state index contributed by atoms with van der Waals surface area (Å²) in [7, 11) is 0. The number of amides is 3. The van der Waals surface area contributed by atoms with Gasteiger partial charge >= 0.3 is 0 Å². The summed E-state index contributed by atoms with van der Waals surface area (Å²) in [5, 5.41) is 3.50. The maximum Gasteiger partial charge on any atom is 0.256 e. The van der Waals surface area contributed by atoms with Crippen molar-refractivity contribution in [3.05, 3.63) is 58.6 Å². The number of carbonyl (C=O) groups excluding carboxylic acids is 3. The predicted molar refractivity (Wildman–Crippen MR) is 148 cm³/mol. The van der Waals surface area contributed by atoms with Gasteiger partial charge in [-0.1, -0.05) is 25.4 Å². The molecule has 37 heavy (non-hydrogen) atoms. The second-order valence-corrected chi connectivity index (χ2v) is 10.8. The first-order chi connectivity index (χ1) is 17.8. The summed E-state index contributed by atoms with van der Waals surface area (Å²) in [6, 6.07) is 12.3. The number of carbonyl (C=O) groups is 3. The lowest BCUT2D eigenvalue weighted by atomic mass is 10.1. The van der Waals surface area contributed by atoms with E-state index in [4.69, 9.17) is 11.6 Å². The Morgan fingerprint density at radius 1 is 0.838 bits per heavy atom. The van der Waals surface area contributed by atoms with E-state index in [0.29, 0.717) is 47.3 Å². The van der Waals surface area contributed by atoms with Crippen molar-refractivity contribution >= 4 is 40.7 Å². The van der Waals surface area contributed by atoms with Crippen molar-refractivity contribution < 1.29 is 14.4 Å². The molecule has 2 aromatic rings. The average molecular weight is 525 g/mol. The van der Waals surface area contributed by atoms with E-state index < -0.39 is 0 Å². The van der Waals surface area contributed by atoms with Gasteiger partial charge in [0.05, 0.1) is 5.56 Å². The van der Waals surface area contributed by atoms with Crippen molar-refractivity contribution in [1.82, 2.24) is 9.80 Å². The van der Waals surface area contributed by atoms with Crippen LogP contribution in [-0.4, -0.2) is 66.8 Å². The van der Waals surface area contributed by atoms with Crippen LogP contribution in [0.2, 0.25) is 5.02 Å². The Morgan fingerprint density at radius 2 is 1.54 bits per heavy atom. The minimum Gasteiger partial charge on any atom is -0.369 e. The fraction of sp³-hybridized carbons (Fsp3) is 0.483. The van der Waals surface area contributed by atoms with Crippen molar-refractivity contribution in [3.63, 3.8) is 0 Å². The van der Waals surface area contributed by atoms with E-state index in [0.717, 1.165) is 57.5 Å². The second kappa shape index (κ2) is 12.5. The molecule has 0 radical (unpaired) electrons. The normalized spacial score (nSPS) is 16.5. The summed E-state index contributed by atoms with van der Waals surface area (Å²) in [6.07, 6.45) is 4.55. The fourth-order valence-electron chi connectivity index (χ4n) is 5.02. The Balaban J connectivity index is 1.57. The standard InChI is InChI=1S/C29H37ClN4O3/c1-21(2)19-27(35)33-16-6-15-32(17-18-33)26-12-11-24(31-28(36)22-7-9-23(30)10-8-22)20-25(26)29(37)34-13-4-3-5-14-34/h7-12,20-21H,3-6,13-19H2,1-2H3,(H,31,36). The number of benzene rings is 2. The lowest BCUT2D eigenvalue weighted by Crippen LogP contribution is -2.38. The quantitative estimate of drug-likeness (QED) is 0.556. The summed E-state index contributed by atoms with van der Waals surface area (Å²) in [5.74, 6) is 0.266. The molecule has 0 unspecified atom stereocenters. The molecular weight excluding hydrogens is 488 g/mol. The molecule has 4 rings (SSSR count). The van der Waals surface area contributed by atoms with E-state index in [1.807, 2.05) is 21.9 Å². The monoisotopic (exact) mass is 524 g/mol. The molecular formula is C29H37ClN4O3. The van der Waals surface area contributed by atoms with Gasteiger partial charge in [0.2, 0.25) is 5.91 Å². The van der Waals surface area contributed by atoms with Crippen molar-refractivity contribution in [2.45, 2.75) is 46.0 Å². The van der Waals surface area contributed by atoms with Gasteiger partial charge in [-0.25, -0.2) is 0 Å². The van der Waals surface area contributed by atoms with Crippen LogP contribution in [0.15, 0.2) is 42.5 Å². The van der Waals surface area contributed by atoms with E-state index in [2.05, 4.69) is 24.1 Å². The van der Waals surface area contributed by atoms with E-state index in [-0.39, 0.29) is 17.7 Å². The van der Waals surface area contributed by atoms with Gasteiger partial charge in [-0.05, 0) is 74.1 Å². The highest BCUT2D eigenvalue weighted by atomic mass is 35.5. The SMILES string of the molecule is CC(C)CC(=O)N1CCCN(c2ccc(NC(=O)c3ccc(Cl)cc3)cc2C(=O)N2CCCCC2)CC1. The van der Waals surface area contributed by atoms with Gasteiger partial charge in [-0.15, -0.1) is 0 Å². The van der Waals surface area contributed by atoms with Crippen LogP contribution < -0.4 is 10.2 Å². The highest BCUT2D eigenvalue weighted by Crippen LogP contribution is 2.28. The topological polar surface area (TPSA) is 73.0 Å². The molecule has 0 aliphatic carbocycles. The largest absolute Gasteiger partial charge is 0.369 e. The third-order valence-electron chi connectivity index (χ3n) is 7.01. The Hall–Kier alpha value is -3.06. The molecule has 1 N–H and O–H groups in total. The van der Waals surface area contributed by atoms with Crippen LogP contribution in [0.3, 0.4) is 0 Å². The van der Waals surface area contributed by atoms with Crippen LogP contribution in [0.4, 0.5) is 11.4 Å². The molecule has 2 saturated heterocycles. The number of hydrogen-bond donors (Lipinski definition) is 1. The summed E-state index contributed by atoms with van der Waals surface area (Å²) in [6.45, 7) is 8.42. The smallest absolute Gasteiger partial charge is 0.256 e. The minimum absolute atomic E-state index is 0.00530. The molecule has 0 aromatic heterocycles. The third kappa shape index (κ3) is 7.04. The number of likely N-dealkylation sites (tertiary alicyclic amines) is 1. The number of rotatable bonds is 6. The van der Waals surface area contributed by atoms with Gasteiger partial charge in [0, 0.05) is 67.7 Å². The number of anilines is 2. The molecule has 0 atom stereocenters. The maximum atomic E-state index is 13.7. The van der Waals surface area contributed by atoms with Crippen molar-refractivity contribution in [2.75, 3.05) is 49.5 Å². The van der Waals surface area contributed by atoms with E-state index in [1.165, 1.54) is 0 Å². The van der Waals surface area contributed by atoms with Gasteiger partial charge in [0.1, 0.15) is 0 Å². The van der Waals surface area contributed by atoms with Gasteiger partial charge < -0.3 is 20.0 Å². The Bertz CT molecular complexity index is 1110. The summed E-state index contributed by atoms with van der Waals surface area (Å²) < 4.78 is 0. The van der Waals surface area contributed by atoms with Gasteiger partial charge in [-0.2, -0.15) is 0 Å². The van der Waals surface area contributed by atoms with E-state index in [9.17, 15) is 14.4 Å². The molecule has 2 aliphatic heterocycles. The zero-order chi connectivity index (χ0) is 26.4. The average Bonchev–Trinajstić information content (AvgIpc) is 3.15. The first-order valence-electron chi connectivity index (χ1n) is 13.3. The zero-order valence-electron chi connectivity index (χ0n) is 21.8. The number of piperidine rings is 1. The number of nitrogens with one attached hydrogen (secondary N) is 1. The molecule has 0 saturated carbocycles. The summed E-state index contributed by atoms with van der Waals surface area (Å²) in [5.41, 5.74) is 2.53. The summed E-state index contributed by atoms with van der Waals surface area (Å²) in [4.78, 5) is 45.3. The molecule has 198 valence electrons. The predicted octanol–water partition coefficient (Wildman–Crippen LogP) is 5.30. The fourth-order valence-corrected chi connectivity index (χ4v) is 5.14. The molecule has 2 fully saturated rings. The highest BCUT2D eigenvalue weighted by molar-refractivity contribution is 6.30. The van der Waals surface area contributed by atoms with Crippen LogP contribution in [0, 0.1) is 5.92 Å². The molecule has 3 amide bonds. The Morgan fingerprint density at radius 3 is 2.24 bits per heavy atom. The first-order valence-corrected chi connectivity index (χ1v) is 13.7. The second-order valence-electron chi connectivity index (χ2n) is 10.4. The Labute approximate surface area is 224 Å². The van der Waals surface area contributed by atoms with Crippen LogP contribution >= 0.6 is 11.6 Å². The van der Waals surface area contributed by atoms with Crippen molar-refractivity contribution in [1.29, 1.82) is 0 Å². The van der Waals surface area contributed by atoms with Gasteiger partial charge in [0.15, 0.2) is 0 Å². The maximum absolute atomic E-state index is 13.7. The number of halogens is 1. The minimum atomic E-state index is -0.255. The molecule has 2 aromatic carbocycles. The number of hydrogen-bond acceptors (Lipinski definition) is 4. The molecule has 2 heterocycles. The van der Waals surface area contributed by atoms with Crippen LogP contribution in [-0.2, 0) is 4.79 Å². The molecule has 2 aliphatic rings. The van der Waals surface area contributed by atoms with E-state index >= 15 is 0 Å². The molecule has 0 bridgehead atoms. The van der Waals surface area contributed by atoms with Crippen LogP contribution in [0.5, 0.6) is 0 Å². The molecule has 8 heteroatoms. The lowest BCUT2D eigenvalue weighted by molar-refractivity contribution is -0.131. The Kier molecular flexibility index (Phi) is 9.09. The third-order valence-corrected chi connectivity index (χ3v) is 7.26. The van der Waals surface area contributed by atoms with Crippen LogP contribution in [0.25, 0.3) is 0 Å². The van der Waals surface area contributed by atoms with Gasteiger partial charge in [0.25, 0.3) is 11.8 Å². The first kappa shape index (κ1) is 27.0. The lowest BCUT2D eigenvalue weighted by Gasteiger charge is -2.30. The molecule has 0 spiro atoms. The van der Waals surface area contributed by atoms with Crippen molar-refractivity contribution in [2.24, 2.45) is 5.92 Å². The highest BCUT2D eigenvalue weighted by Gasteiger charge is 2.26. The van der Waals surface area contributed by atoms with E-state index in [1.54, 1.807) is 30.3 Å². The zero-order valence-corrected chi connectivity index (χ0v) is 22.6. The number of nitrogens with zero attached hydrogens (tertiary/aromatic N) is 3. The summed E-state index contributed by atoms with van der Waals surface area (Å²) >= 11 is 5.96. The van der Waals surface area contributed by atoms with Crippen molar-refractivity contribution in [3.8, 4) is 0 Å². The molecule has 7 nitrogen and oxygen atoms in total. The van der Waals surface area contributed by atoms with Crippen LogP contribution in [0.1, 0.15) is 66.7 Å². The van der Waals surface area contributed by atoms with Gasteiger partial charge in [-0.3, -0.25) is 14.4 Å².